The molecule has 2 heterocycles. The Kier molecular flexibility index (Phi) is 5.23. The third-order valence-corrected chi connectivity index (χ3v) is 5.01. The highest BCUT2D eigenvalue weighted by atomic mass is 16.6. The van der Waals surface area contributed by atoms with Crippen molar-refractivity contribution in [2.24, 2.45) is 5.92 Å². The maximum atomic E-state index is 12.0. The van der Waals surface area contributed by atoms with E-state index < -0.39 is 11.6 Å². The summed E-state index contributed by atoms with van der Waals surface area (Å²) in [7, 11) is 0. The molecule has 1 atom stereocenters. The molecule has 2 aliphatic heterocycles. The zero-order chi connectivity index (χ0) is 18.9. The molecule has 3 rings (SSSR count). The van der Waals surface area contributed by atoms with Gasteiger partial charge in [0.1, 0.15) is 5.60 Å². The average Bonchev–Trinajstić information content (AvgIpc) is 2.94. The van der Waals surface area contributed by atoms with Crippen LogP contribution >= 0.6 is 0 Å². The summed E-state index contributed by atoms with van der Waals surface area (Å²) in [6.07, 6.45) is 0.489. The maximum absolute atomic E-state index is 12.0. The van der Waals surface area contributed by atoms with Crippen molar-refractivity contribution in [2.75, 3.05) is 26.2 Å². The van der Waals surface area contributed by atoms with Crippen LogP contribution in [0.1, 0.15) is 44.2 Å². The van der Waals surface area contributed by atoms with Crippen LogP contribution in [0.25, 0.3) is 0 Å². The Morgan fingerprint density at radius 3 is 2.35 bits per heavy atom. The van der Waals surface area contributed by atoms with Crippen LogP contribution < -0.4 is 0 Å². The first kappa shape index (κ1) is 18.7. The Balaban J connectivity index is 1.47. The number of likely N-dealkylation sites (tertiary alicyclic amines) is 2. The normalized spacial score (nSPS) is 21.5. The highest BCUT2D eigenvalue weighted by Gasteiger charge is 2.34. The number of carbonyl (C=O) groups is 2. The van der Waals surface area contributed by atoms with Gasteiger partial charge in [0.2, 0.25) is 0 Å². The number of hydrogen-bond donors (Lipinski definition) is 1. The van der Waals surface area contributed by atoms with Crippen LogP contribution in [0.15, 0.2) is 24.3 Å². The average molecular weight is 360 g/mol. The molecular formula is C20H28N2O4. The second-order valence-electron chi connectivity index (χ2n) is 8.38. The lowest BCUT2D eigenvalue weighted by Crippen LogP contribution is -2.50. The van der Waals surface area contributed by atoms with E-state index >= 15 is 0 Å². The zero-order valence-corrected chi connectivity index (χ0v) is 15.8. The number of carboxylic acids is 1. The molecule has 142 valence electrons. The molecular weight excluding hydrogens is 332 g/mol. The van der Waals surface area contributed by atoms with Gasteiger partial charge in [0.15, 0.2) is 0 Å². The summed E-state index contributed by atoms with van der Waals surface area (Å²) in [6, 6.07) is 8.47. The Morgan fingerprint density at radius 1 is 1.15 bits per heavy atom. The number of aliphatic carboxylic acids is 1. The lowest BCUT2D eigenvalue weighted by Gasteiger charge is -2.40. The van der Waals surface area contributed by atoms with Gasteiger partial charge in [-0.05, 0) is 44.9 Å². The van der Waals surface area contributed by atoms with Crippen molar-refractivity contribution in [1.82, 2.24) is 9.80 Å². The Morgan fingerprint density at radius 2 is 1.81 bits per heavy atom. The van der Waals surface area contributed by atoms with E-state index in [2.05, 4.69) is 29.2 Å². The molecule has 1 amide bonds. The Labute approximate surface area is 154 Å². The number of benzene rings is 1. The number of carbonyl (C=O) groups excluding carboxylic acids is 1. The van der Waals surface area contributed by atoms with Gasteiger partial charge in [0.05, 0.1) is 5.92 Å². The maximum Gasteiger partial charge on any atom is 0.410 e. The minimum atomic E-state index is -0.692. The van der Waals surface area contributed by atoms with E-state index in [1.54, 1.807) is 4.90 Å². The fraction of sp³-hybridized carbons (Fsp3) is 0.600. The van der Waals surface area contributed by atoms with Crippen LogP contribution in [0, 0.1) is 5.92 Å². The van der Waals surface area contributed by atoms with Crippen molar-refractivity contribution >= 4 is 12.1 Å². The van der Waals surface area contributed by atoms with E-state index in [-0.39, 0.29) is 12.0 Å². The molecule has 6 heteroatoms. The molecule has 0 radical (unpaired) electrons. The van der Waals surface area contributed by atoms with Gasteiger partial charge in [0.25, 0.3) is 0 Å². The number of hydrogen-bond acceptors (Lipinski definition) is 4. The highest BCUT2D eigenvalue weighted by Crippen LogP contribution is 2.29. The molecule has 0 aliphatic carbocycles. The quantitative estimate of drug-likeness (QED) is 0.894. The van der Waals surface area contributed by atoms with Crippen molar-refractivity contribution in [3.63, 3.8) is 0 Å². The number of rotatable bonds is 4. The molecule has 0 bridgehead atoms. The molecule has 26 heavy (non-hydrogen) atoms. The van der Waals surface area contributed by atoms with E-state index in [0.29, 0.717) is 25.6 Å². The van der Waals surface area contributed by atoms with E-state index in [1.165, 1.54) is 11.1 Å². The smallest absolute Gasteiger partial charge is 0.410 e. The van der Waals surface area contributed by atoms with Gasteiger partial charge in [-0.1, -0.05) is 24.3 Å². The first-order valence-corrected chi connectivity index (χ1v) is 9.23. The van der Waals surface area contributed by atoms with Gasteiger partial charge in [-0.25, -0.2) is 4.79 Å². The molecule has 1 aromatic carbocycles. The summed E-state index contributed by atoms with van der Waals surface area (Å²) in [5.41, 5.74) is 1.97. The molecule has 2 aliphatic rings. The summed E-state index contributed by atoms with van der Waals surface area (Å²) >= 11 is 0. The monoisotopic (exact) mass is 360 g/mol. The van der Waals surface area contributed by atoms with Crippen LogP contribution in [0.3, 0.4) is 0 Å². The summed E-state index contributed by atoms with van der Waals surface area (Å²) in [4.78, 5) is 27.0. The number of carboxylic acid groups (broad SMARTS) is 1. The summed E-state index contributed by atoms with van der Waals surface area (Å²) < 4.78 is 5.38. The summed E-state index contributed by atoms with van der Waals surface area (Å²) in [5.74, 6) is -0.565. The minimum Gasteiger partial charge on any atom is -0.481 e. The standard InChI is InChI=1S/C20H28N2O4/c1-20(2,3)26-19(25)22-12-17(13-22)15-6-4-14(5-7-15)10-21-9-8-16(11-21)18(23)24/h4-7,16-17H,8-13H2,1-3H3,(H,23,24). The zero-order valence-electron chi connectivity index (χ0n) is 15.8. The second-order valence-corrected chi connectivity index (χ2v) is 8.38. The third-order valence-electron chi connectivity index (χ3n) is 5.01. The number of amides is 1. The summed E-state index contributed by atoms with van der Waals surface area (Å²) in [5, 5.41) is 9.09. The second kappa shape index (κ2) is 7.27. The number of ether oxygens (including phenoxy) is 1. The molecule has 1 N–H and O–H groups in total. The van der Waals surface area contributed by atoms with E-state index in [0.717, 1.165) is 19.5 Å². The highest BCUT2D eigenvalue weighted by molar-refractivity contribution is 5.70. The molecule has 0 saturated carbocycles. The predicted molar refractivity (Wildman–Crippen MR) is 98.0 cm³/mol. The molecule has 2 fully saturated rings. The van der Waals surface area contributed by atoms with Gasteiger partial charge in [0, 0.05) is 32.1 Å². The van der Waals surface area contributed by atoms with Crippen molar-refractivity contribution in [3.8, 4) is 0 Å². The molecule has 0 aromatic heterocycles. The first-order valence-electron chi connectivity index (χ1n) is 9.23. The molecule has 6 nitrogen and oxygen atoms in total. The van der Waals surface area contributed by atoms with Gasteiger partial charge in [-0.15, -0.1) is 0 Å². The van der Waals surface area contributed by atoms with Crippen molar-refractivity contribution in [3.05, 3.63) is 35.4 Å². The first-order chi connectivity index (χ1) is 12.2. The van der Waals surface area contributed by atoms with Gasteiger partial charge in [-0.2, -0.15) is 0 Å². The fourth-order valence-electron chi connectivity index (χ4n) is 3.50. The molecule has 1 unspecified atom stereocenters. The van der Waals surface area contributed by atoms with Crippen LogP contribution in [0.4, 0.5) is 4.79 Å². The Bertz CT molecular complexity index is 659. The van der Waals surface area contributed by atoms with E-state index in [1.807, 2.05) is 20.8 Å². The lowest BCUT2D eigenvalue weighted by atomic mass is 9.91. The van der Waals surface area contributed by atoms with Gasteiger partial charge < -0.3 is 14.7 Å². The third kappa shape index (κ3) is 4.55. The molecule has 1 aromatic rings. The number of nitrogens with zero attached hydrogens (tertiary/aromatic N) is 2. The SMILES string of the molecule is CC(C)(C)OC(=O)N1CC(c2ccc(CN3CCC(C(=O)O)C3)cc2)C1. The van der Waals surface area contributed by atoms with Crippen molar-refractivity contribution in [2.45, 2.75) is 45.3 Å². The van der Waals surface area contributed by atoms with Crippen LogP contribution in [0.5, 0.6) is 0 Å². The van der Waals surface area contributed by atoms with E-state index in [9.17, 15) is 9.59 Å². The Hall–Kier alpha value is -2.08. The van der Waals surface area contributed by atoms with E-state index in [4.69, 9.17) is 9.84 Å². The largest absolute Gasteiger partial charge is 0.481 e. The topological polar surface area (TPSA) is 70.1 Å². The van der Waals surface area contributed by atoms with Crippen LogP contribution in [-0.4, -0.2) is 58.7 Å². The van der Waals surface area contributed by atoms with Crippen molar-refractivity contribution < 1.29 is 19.4 Å². The van der Waals surface area contributed by atoms with Crippen LogP contribution in [-0.2, 0) is 16.1 Å². The molecule has 2 saturated heterocycles. The molecule has 0 spiro atoms. The predicted octanol–water partition coefficient (Wildman–Crippen LogP) is 2.93. The lowest BCUT2D eigenvalue weighted by molar-refractivity contribution is -0.141. The summed E-state index contributed by atoms with van der Waals surface area (Å²) in [6.45, 7) is 9.27. The fourth-order valence-corrected chi connectivity index (χ4v) is 3.50. The van der Waals surface area contributed by atoms with Gasteiger partial charge in [-0.3, -0.25) is 9.69 Å². The van der Waals surface area contributed by atoms with Crippen LogP contribution in [0.2, 0.25) is 0 Å². The van der Waals surface area contributed by atoms with Crippen molar-refractivity contribution in [1.29, 1.82) is 0 Å². The minimum absolute atomic E-state index is 0.233. The van der Waals surface area contributed by atoms with Gasteiger partial charge >= 0.3 is 12.1 Å².